The fraction of sp³-hybridized carbons (Fsp3) is 0.333. The molecule has 4 heteroatoms. The van der Waals surface area contributed by atoms with Gasteiger partial charge in [0.2, 0.25) is 11.8 Å². The third kappa shape index (κ3) is 2.32. The van der Waals surface area contributed by atoms with Crippen molar-refractivity contribution < 1.29 is 9.59 Å². The molecule has 1 N–H and O–H groups in total. The van der Waals surface area contributed by atoms with Gasteiger partial charge in [0.25, 0.3) is 0 Å². The Morgan fingerprint density at radius 3 is 2.53 bits per heavy atom. The van der Waals surface area contributed by atoms with Gasteiger partial charge in [-0.15, -0.1) is 6.42 Å². The average molecular weight is 256 g/mol. The quantitative estimate of drug-likeness (QED) is 0.805. The van der Waals surface area contributed by atoms with Crippen LogP contribution in [-0.2, 0) is 9.59 Å². The summed E-state index contributed by atoms with van der Waals surface area (Å²) in [4.78, 5) is 26.1. The molecule has 1 saturated heterocycles. The lowest BCUT2D eigenvalue weighted by molar-refractivity contribution is -0.153. The Balaban J connectivity index is 2.44. The van der Waals surface area contributed by atoms with Crippen molar-refractivity contribution in [1.29, 1.82) is 0 Å². The van der Waals surface area contributed by atoms with Crippen LogP contribution in [0.3, 0.4) is 0 Å². The van der Waals surface area contributed by atoms with E-state index in [4.69, 9.17) is 6.42 Å². The minimum absolute atomic E-state index is 0.120. The van der Waals surface area contributed by atoms with E-state index in [-0.39, 0.29) is 18.4 Å². The summed E-state index contributed by atoms with van der Waals surface area (Å²) < 4.78 is 0. The molecule has 2 amide bonds. The Kier molecular flexibility index (Phi) is 3.30. The molecule has 0 spiro atoms. The summed E-state index contributed by atoms with van der Waals surface area (Å²) in [6.07, 6.45) is 5.32. The van der Waals surface area contributed by atoms with Gasteiger partial charge in [-0.1, -0.05) is 36.3 Å². The Labute approximate surface area is 112 Å². The highest BCUT2D eigenvalue weighted by Crippen LogP contribution is 2.28. The number of amides is 2. The lowest BCUT2D eigenvalue weighted by Crippen LogP contribution is -2.64. The Morgan fingerprint density at radius 2 is 1.95 bits per heavy atom. The van der Waals surface area contributed by atoms with E-state index >= 15 is 0 Å². The first-order chi connectivity index (χ1) is 8.97. The van der Waals surface area contributed by atoms with Crippen molar-refractivity contribution in [2.45, 2.75) is 25.4 Å². The zero-order valence-electron chi connectivity index (χ0n) is 11.0. The number of carbonyl (C=O) groups excluding carboxylic acids is 2. The maximum atomic E-state index is 12.4. The number of nitrogens with one attached hydrogen (secondary N) is 1. The van der Waals surface area contributed by atoms with Gasteiger partial charge in [-0.05, 0) is 19.4 Å². The van der Waals surface area contributed by atoms with Gasteiger partial charge in [0.1, 0.15) is 11.6 Å². The fourth-order valence-corrected chi connectivity index (χ4v) is 2.28. The summed E-state index contributed by atoms with van der Waals surface area (Å²) in [5, 5.41) is 2.74. The topological polar surface area (TPSA) is 49.4 Å². The lowest BCUT2D eigenvalue weighted by Gasteiger charge is -2.42. The number of terminal acetylenes is 1. The van der Waals surface area contributed by atoms with Crippen LogP contribution in [-0.4, -0.2) is 28.8 Å². The number of benzene rings is 1. The first kappa shape index (κ1) is 13.2. The molecule has 1 aromatic carbocycles. The van der Waals surface area contributed by atoms with Crippen LogP contribution in [0.5, 0.6) is 0 Å². The van der Waals surface area contributed by atoms with Crippen LogP contribution < -0.4 is 5.32 Å². The third-order valence-corrected chi connectivity index (χ3v) is 3.17. The van der Waals surface area contributed by atoms with Crippen molar-refractivity contribution in [3.05, 3.63) is 35.9 Å². The molecule has 0 saturated carbocycles. The predicted molar refractivity (Wildman–Crippen MR) is 72.0 cm³/mol. The van der Waals surface area contributed by atoms with Crippen LogP contribution in [0.2, 0.25) is 0 Å². The van der Waals surface area contributed by atoms with Crippen molar-refractivity contribution in [3.8, 4) is 12.3 Å². The third-order valence-electron chi connectivity index (χ3n) is 3.17. The van der Waals surface area contributed by atoms with E-state index in [2.05, 4.69) is 11.2 Å². The first-order valence-electron chi connectivity index (χ1n) is 6.09. The second kappa shape index (κ2) is 4.77. The molecule has 1 aliphatic rings. The molecule has 1 atom stereocenters. The van der Waals surface area contributed by atoms with Crippen LogP contribution in [0.25, 0.3) is 0 Å². The van der Waals surface area contributed by atoms with E-state index in [1.807, 2.05) is 30.3 Å². The maximum Gasteiger partial charge on any atom is 0.249 e. The lowest BCUT2D eigenvalue weighted by atomic mass is 9.93. The second-order valence-corrected chi connectivity index (χ2v) is 5.06. The molecule has 1 aromatic rings. The summed E-state index contributed by atoms with van der Waals surface area (Å²) in [6, 6.07) is 8.51. The van der Waals surface area contributed by atoms with Crippen molar-refractivity contribution in [2.24, 2.45) is 0 Å². The molecule has 19 heavy (non-hydrogen) atoms. The molecule has 0 aromatic heterocycles. The van der Waals surface area contributed by atoms with E-state index in [0.717, 1.165) is 5.56 Å². The van der Waals surface area contributed by atoms with Crippen molar-refractivity contribution in [1.82, 2.24) is 10.2 Å². The summed E-state index contributed by atoms with van der Waals surface area (Å²) in [6.45, 7) is 3.48. The van der Waals surface area contributed by atoms with E-state index < -0.39 is 11.6 Å². The molecule has 98 valence electrons. The zero-order valence-corrected chi connectivity index (χ0v) is 11.0. The second-order valence-electron chi connectivity index (χ2n) is 5.06. The zero-order chi connectivity index (χ0) is 14.0. The van der Waals surface area contributed by atoms with E-state index in [1.54, 1.807) is 13.8 Å². The Bertz CT molecular complexity index is 543. The van der Waals surface area contributed by atoms with Gasteiger partial charge in [-0.2, -0.15) is 0 Å². The van der Waals surface area contributed by atoms with Crippen LogP contribution in [0, 0.1) is 12.3 Å². The SMILES string of the molecule is C#CCN1C(=O)C(C)(C)NC(=O)C1c1ccccc1. The number of rotatable bonds is 2. The monoisotopic (exact) mass is 256 g/mol. The van der Waals surface area contributed by atoms with Crippen LogP contribution in [0.15, 0.2) is 30.3 Å². The Morgan fingerprint density at radius 1 is 1.32 bits per heavy atom. The van der Waals surface area contributed by atoms with Crippen LogP contribution >= 0.6 is 0 Å². The van der Waals surface area contributed by atoms with Gasteiger partial charge < -0.3 is 10.2 Å². The highest BCUT2D eigenvalue weighted by atomic mass is 16.2. The molecular formula is C15H16N2O2. The van der Waals surface area contributed by atoms with Gasteiger partial charge in [-0.25, -0.2) is 0 Å². The summed E-state index contributed by atoms with van der Waals surface area (Å²) in [7, 11) is 0. The van der Waals surface area contributed by atoms with Gasteiger partial charge >= 0.3 is 0 Å². The molecule has 1 fully saturated rings. The molecule has 0 radical (unpaired) electrons. The van der Waals surface area contributed by atoms with Gasteiger partial charge in [0.15, 0.2) is 0 Å². The minimum Gasteiger partial charge on any atom is -0.340 e. The number of hydrogen-bond donors (Lipinski definition) is 1. The normalized spacial score (nSPS) is 21.7. The highest BCUT2D eigenvalue weighted by Gasteiger charge is 2.45. The van der Waals surface area contributed by atoms with Gasteiger partial charge in [0.05, 0.1) is 6.54 Å². The smallest absolute Gasteiger partial charge is 0.249 e. The molecule has 2 rings (SSSR count). The molecule has 0 bridgehead atoms. The molecule has 1 aliphatic heterocycles. The molecule has 0 aliphatic carbocycles. The first-order valence-corrected chi connectivity index (χ1v) is 6.09. The van der Waals surface area contributed by atoms with Crippen molar-refractivity contribution >= 4 is 11.8 Å². The predicted octanol–water partition coefficient (Wildman–Crippen LogP) is 1.10. The highest BCUT2D eigenvalue weighted by molar-refractivity contribution is 5.99. The van der Waals surface area contributed by atoms with Gasteiger partial charge in [0, 0.05) is 0 Å². The summed E-state index contributed by atoms with van der Waals surface area (Å²) in [5.74, 6) is 2.08. The van der Waals surface area contributed by atoms with E-state index in [1.165, 1.54) is 4.90 Å². The summed E-state index contributed by atoms with van der Waals surface area (Å²) >= 11 is 0. The maximum absolute atomic E-state index is 12.4. The molecule has 1 heterocycles. The number of carbonyl (C=O) groups is 2. The standard InChI is InChI=1S/C15H16N2O2/c1-4-10-17-12(11-8-6-5-7-9-11)13(18)16-15(2,3)14(17)19/h1,5-9,12H,10H2,2-3H3,(H,16,18). The minimum atomic E-state index is -0.917. The van der Waals surface area contributed by atoms with Crippen molar-refractivity contribution in [2.75, 3.05) is 6.54 Å². The number of piperazine rings is 1. The van der Waals surface area contributed by atoms with Crippen molar-refractivity contribution in [3.63, 3.8) is 0 Å². The Hall–Kier alpha value is -2.28. The molecule has 4 nitrogen and oxygen atoms in total. The number of nitrogens with zero attached hydrogens (tertiary/aromatic N) is 1. The average Bonchev–Trinajstić information content (AvgIpc) is 2.36. The van der Waals surface area contributed by atoms with Crippen LogP contribution in [0.1, 0.15) is 25.5 Å². The molecular weight excluding hydrogens is 240 g/mol. The van der Waals surface area contributed by atoms with Crippen LogP contribution in [0.4, 0.5) is 0 Å². The van der Waals surface area contributed by atoms with Gasteiger partial charge in [-0.3, -0.25) is 9.59 Å². The largest absolute Gasteiger partial charge is 0.340 e. The number of hydrogen-bond acceptors (Lipinski definition) is 2. The van der Waals surface area contributed by atoms with E-state index in [0.29, 0.717) is 0 Å². The summed E-state index contributed by atoms with van der Waals surface area (Å²) in [5.41, 5.74) is -0.154. The van der Waals surface area contributed by atoms with E-state index in [9.17, 15) is 9.59 Å². The molecule has 1 unspecified atom stereocenters. The fourth-order valence-electron chi connectivity index (χ4n) is 2.28.